The summed E-state index contributed by atoms with van der Waals surface area (Å²) in [5.41, 5.74) is -0.513. The third kappa shape index (κ3) is 2.63. The van der Waals surface area contributed by atoms with Crippen molar-refractivity contribution >= 4 is 15.9 Å². The van der Waals surface area contributed by atoms with E-state index >= 15 is 0 Å². The van der Waals surface area contributed by atoms with Crippen molar-refractivity contribution in [2.24, 2.45) is 0 Å². The maximum absolute atomic E-state index is 12.6. The molecule has 0 aliphatic heterocycles. The number of rotatable bonds is 3. The number of hydrogen-bond acceptors (Lipinski definition) is 2. The number of aromatic amines is 1. The fraction of sp³-hybridized carbons (Fsp3) is 0.333. The van der Waals surface area contributed by atoms with Crippen LogP contribution in [0, 0.1) is 11.3 Å². The van der Waals surface area contributed by atoms with Crippen molar-refractivity contribution in [3.63, 3.8) is 0 Å². The Morgan fingerprint density at radius 2 is 2.27 bits per heavy atom. The van der Waals surface area contributed by atoms with E-state index in [-0.39, 0.29) is 28.6 Å². The van der Waals surface area contributed by atoms with Gasteiger partial charge >= 0.3 is 0 Å². The molecule has 6 heteroatoms. The molecule has 0 saturated carbocycles. The van der Waals surface area contributed by atoms with E-state index < -0.39 is 12.0 Å². The van der Waals surface area contributed by atoms with Gasteiger partial charge in [-0.1, -0.05) is 15.9 Å². The molecule has 0 atom stereocenters. The van der Waals surface area contributed by atoms with E-state index in [1.54, 1.807) is 6.07 Å². The monoisotopic (exact) mass is 276 g/mol. The van der Waals surface area contributed by atoms with Crippen molar-refractivity contribution in [1.82, 2.24) is 4.98 Å². The van der Waals surface area contributed by atoms with Crippen molar-refractivity contribution in [3.8, 4) is 6.07 Å². The Morgan fingerprint density at radius 1 is 1.60 bits per heavy atom. The summed E-state index contributed by atoms with van der Waals surface area (Å²) in [6, 6.07) is 2.86. The Morgan fingerprint density at radius 3 is 2.73 bits per heavy atom. The SMILES string of the molecule is N#CCc1[nH]c(=O)c(CBr)cc1C(F)F. The Balaban J connectivity index is 3.33. The number of nitrogens with one attached hydrogen (secondary N) is 1. The van der Waals surface area contributed by atoms with Crippen LogP contribution in [0.2, 0.25) is 0 Å². The van der Waals surface area contributed by atoms with E-state index in [1.165, 1.54) is 0 Å². The second-order valence-corrected chi connectivity index (χ2v) is 3.39. The van der Waals surface area contributed by atoms with Crippen LogP contribution in [-0.2, 0) is 11.8 Å². The molecule has 0 saturated heterocycles. The van der Waals surface area contributed by atoms with E-state index in [4.69, 9.17) is 5.26 Å². The van der Waals surface area contributed by atoms with E-state index in [2.05, 4.69) is 20.9 Å². The number of pyridine rings is 1. The molecule has 80 valence electrons. The molecular formula is C9H7BrF2N2O. The molecule has 0 aromatic carbocycles. The average Bonchev–Trinajstić information content (AvgIpc) is 2.18. The van der Waals surface area contributed by atoms with Gasteiger partial charge in [0.05, 0.1) is 12.5 Å². The normalized spacial score (nSPS) is 10.3. The van der Waals surface area contributed by atoms with Gasteiger partial charge in [-0.3, -0.25) is 4.79 Å². The van der Waals surface area contributed by atoms with Crippen LogP contribution in [0.25, 0.3) is 0 Å². The predicted molar refractivity (Wildman–Crippen MR) is 54.0 cm³/mol. The minimum atomic E-state index is -2.69. The van der Waals surface area contributed by atoms with Crippen LogP contribution in [0.4, 0.5) is 8.78 Å². The molecule has 0 radical (unpaired) electrons. The van der Waals surface area contributed by atoms with Crippen LogP contribution in [0.5, 0.6) is 0 Å². The number of nitrogens with zero attached hydrogens (tertiary/aromatic N) is 1. The van der Waals surface area contributed by atoms with Crippen molar-refractivity contribution in [2.45, 2.75) is 18.2 Å². The molecule has 3 nitrogen and oxygen atoms in total. The molecule has 0 spiro atoms. The molecule has 0 amide bonds. The first kappa shape index (κ1) is 11.9. The topological polar surface area (TPSA) is 56.6 Å². The van der Waals surface area contributed by atoms with Gasteiger partial charge in [-0.05, 0) is 6.07 Å². The van der Waals surface area contributed by atoms with E-state index in [0.717, 1.165) is 6.07 Å². The van der Waals surface area contributed by atoms with Crippen LogP contribution < -0.4 is 5.56 Å². The van der Waals surface area contributed by atoms with E-state index in [9.17, 15) is 13.6 Å². The van der Waals surface area contributed by atoms with Gasteiger partial charge < -0.3 is 4.98 Å². The lowest BCUT2D eigenvalue weighted by Crippen LogP contribution is -2.16. The summed E-state index contributed by atoms with van der Waals surface area (Å²) in [5.74, 6) is 0. The zero-order valence-corrected chi connectivity index (χ0v) is 9.14. The van der Waals surface area contributed by atoms with Gasteiger partial charge in [0.1, 0.15) is 0 Å². The second kappa shape index (κ2) is 5.03. The smallest absolute Gasteiger partial charge is 0.265 e. The highest BCUT2D eigenvalue weighted by atomic mass is 79.9. The molecule has 1 rings (SSSR count). The molecule has 0 aliphatic carbocycles. The van der Waals surface area contributed by atoms with Crippen LogP contribution in [0.1, 0.15) is 23.2 Å². The summed E-state index contributed by atoms with van der Waals surface area (Å²) >= 11 is 3.03. The predicted octanol–water partition coefficient (Wildman–Crippen LogP) is 2.27. The highest BCUT2D eigenvalue weighted by Crippen LogP contribution is 2.22. The third-order valence-electron chi connectivity index (χ3n) is 1.87. The number of halogens is 3. The zero-order valence-electron chi connectivity index (χ0n) is 7.56. The van der Waals surface area contributed by atoms with Gasteiger partial charge in [-0.15, -0.1) is 0 Å². The molecule has 1 aromatic rings. The van der Waals surface area contributed by atoms with Gasteiger partial charge in [0.15, 0.2) is 0 Å². The van der Waals surface area contributed by atoms with Gasteiger partial charge in [0, 0.05) is 22.2 Å². The zero-order chi connectivity index (χ0) is 11.4. The molecular weight excluding hydrogens is 270 g/mol. The number of H-pyrrole nitrogens is 1. The van der Waals surface area contributed by atoms with E-state index in [0.29, 0.717) is 0 Å². The summed E-state index contributed by atoms with van der Waals surface area (Å²) in [4.78, 5) is 13.6. The summed E-state index contributed by atoms with van der Waals surface area (Å²) in [6.45, 7) is 0. The molecule has 1 heterocycles. The molecule has 0 unspecified atom stereocenters. The van der Waals surface area contributed by atoms with Crippen molar-refractivity contribution < 1.29 is 8.78 Å². The number of hydrogen-bond donors (Lipinski definition) is 1. The maximum Gasteiger partial charge on any atom is 0.265 e. The van der Waals surface area contributed by atoms with Crippen LogP contribution in [0.15, 0.2) is 10.9 Å². The maximum atomic E-state index is 12.6. The Kier molecular flexibility index (Phi) is 3.97. The van der Waals surface area contributed by atoms with Gasteiger partial charge in [-0.25, -0.2) is 8.78 Å². The molecule has 0 aliphatic rings. The van der Waals surface area contributed by atoms with Crippen molar-refractivity contribution in [1.29, 1.82) is 5.26 Å². The summed E-state index contributed by atoms with van der Waals surface area (Å²) < 4.78 is 25.1. The minimum absolute atomic E-state index is 0.0119. The highest BCUT2D eigenvalue weighted by Gasteiger charge is 2.15. The number of aromatic nitrogens is 1. The Bertz CT molecular complexity index is 450. The summed E-state index contributed by atoms with van der Waals surface area (Å²) in [7, 11) is 0. The first-order valence-corrected chi connectivity index (χ1v) is 5.18. The number of alkyl halides is 3. The van der Waals surface area contributed by atoms with Crippen LogP contribution >= 0.6 is 15.9 Å². The number of nitriles is 1. The molecule has 1 N–H and O–H groups in total. The standard InChI is InChI=1S/C9H7BrF2N2O/c10-4-5-3-6(8(11)12)7(1-2-13)14-9(5)15/h3,8H,1,4H2,(H,14,15). The van der Waals surface area contributed by atoms with E-state index in [1.807, 2.05) is 0 Å². The van der Waals surface area contributed by atoms with Gasteiger partial charge in [-0.2, -0.15) is 5.26 Å². The van der Waals surface area contributed by atoms with Crippen LogP contribution in [0.3, 0.4) is 0 Å². The second-order valence-electron chi connectivity index (χ2n) is 2.83. The fourth-order valence-corrected chi connectivity index (χ4v) is 1.57. The van der Waals surface area contributed by atoms with Crippen molar-refractivity contribution in [2.75, 3.05) is 0 Å². The minimum Gasteiger partial charge on any atom is -0.324 e. The average molecular weight is 277 g/mol. The quantitative estimate of drug-likeness (QED) is 0.861. The highest BCUT2D eigenvalue weighted by molar-refractivity contribution is 9.08. The molecule has 0 fully saturated rings. The molecule has 0 bridgehead atoms. The van der Waals surface area contributed by atoms with Crippen LogP contribution in [-0.4, -0.2) is 4.98 Å². The summed E-state index contributed by atoms with van der Waals surface area (Å²) in [5, 5.41) is 8.62. The molecule has 1 aromatic heterocycles. The van der Waals surface area contributed by atoms with Gasteiger partial charge in [0.2, 0.25) is 0 Å². The lowest BCUT2D eigenvalue weighted by Gasteiger charge is -2.06. The third-order valence-corrected chi connectivity index (χ3v) is 2.47. The fourth-order valence-electron chi connectivity index (χ4n) is 1.15. The Labute approximate surface area is 92.9 Å². The first-order chi connectivity index (χ1) is 7.10. The van der Waals surface area contributed by atoms with Crippen molar-refractivity contribution in [3.05, 3.63) is 33.2 Å². The molecule has 15 heavy (non-hydrogen) atoms. The largest absolute Gasteiger partial charge is 0.324 e. The summed E-state index contributed by atoms with van der Waals surface area (Å²) in [6.07, 6.45) is -2.92. The van der Waals surface area contributed by atoms with Gasteiger partial charge in [0.25, 0.3) is 12.0 Å². The Hall–Kier alpha value is -1.22. The lowest BCUT2D eigenvalue weighted by atomic mass is 10.1. The first-order valence-electron chi connectivity index (χ1n) is 4.06. The lowest BCUT2D eigenvalue weighted by molar-refractivity contribution is 0.149.